The van der Waals surface area contributed by atoms with Crippen LogP contribution < -0.4 is 10.2 Å². The van der Waals surface area contributed by atoms with Crippen molar-refractivity contribution in [2.45, 2.75) is 6.18 Å². The van der Waals surface area contributed by atoms with Gasteiger partial charge in [-0.05, 0) is 46.3 Å². The van der Waals surface area contributed by atoms with Crippen LogP contribution in [0.1, 0.15) is 15.9 Å². The minimum Gasteiger partial charge on any atom is -0.378 e. The highest BCUT2D eigenvalue weighted by Crippen LogP contribution is 2.38. The Morgan fingerprint density at radius 2 is 1.81 bits per heavy atom. The minimum atomic E-state index is -4.58. The van der Waals surface area contributed by atoms with Crippen molar-refractivity contribution in [1.82, 2.24) is 0 Å². The van der Waals surface area contributed by atoms with Crippen LogP contribution in [0.3, 0.4) is 0 Å². The molecule has 1 aliphatic heterocycles. The molecule has 4 nitrogen and oxygen atoms in total. The van der Waals surface area contributed by atoms with E-state index in [4.69, 9.17) is 4.74 Å². The number of carbonyl (C=O) groups excluding carboxylic acids is 1. The van der Waals surface area contributed by atoms with Crippen molar-refractivity contribution < 1.29 is 22.7 Å². The second-order valence-corrected chi connectivity index (χ2v) is 6.62. The van der Waals surface area contributed by atoms with Crippen molar-refractivity contribution in [2.24, 2.45) is 0 Å². The number of hydrogen-bond donors (Lipinski definition) is 1. The van der Waals surface area contributed by atoms with E-state index in [1.807, 2.05) is 4.90 Å². The number of hydrogen-bond acceptors (Lipinski definition) is 3. The maximum atomic E-state index is 13.5. The van der Waals surface area contributed by atoms with E-state index in [9.17, 15) is 18.0 Å². The molecule has 138 valence electrons. The number of alkyl halides is 3. The van der Waals surface area contributed by atoms with E-state index < -0.39 is 17.6 Å². The summed E-state index contributed by atoms with van der Waals surface area (Å²) < 4.78 is 46.3. The monoisotopic (exact) mass is 428 g/mol. The van der Waals surface area contributed by atoms with Crippen LogP contribution in [0.25, 0.3) is 0 Å². The molecule has 1 N–H and O–H groups in total. The van der Waals surface area contributed by atoms with Gasteiger partial charge in [-0.2, -0.15) is 13.2 Å². The van der Waals surface area contributed by atoms with Gasteiger partial charge in [0.15, 0.2) is 0 Å². The summed E-state index contributed by atoms with van der Waals surface area (Å²) in [5, 5.41) is 2.37. The van der Waals surface area contributed by atoms with Crippen molar-refractivity contribution in [3.63, 3.8) is 0 Å². The van der Waals surface area contributed by atoms with E-state index in [1.165, 1.54) is 12.1 Å². The summed E-state index contributed by atoms with van der Waals surface area (Å²) in [6, 6.07) is 10.5. The zero-order valence-corrected chi connectivity index (χ0v) is 15.2. The van der Waals surface area contributed by atoms with Crippen LogP contribution in [0.2, 0.25) is 0 Å². The van der Waals surface area contributed by atoms with Gasteiger partial charge < -0.3 is 15.0 Å². The molecule has 0 saturated carbocycles. The molecule has 0 bridgehead atoms. The molecule has 1 saturated heterocycles. The molecule has 1 heterocycles. The smallest absolute Gasteiger partial charge is 0.378 e. The number of benzene rings is 2. The van der Waals surface area contributed by atoms with E-state index in [-0.39, 0.29) is 11.3 Å². The van der Waals surface area contributed by atoms with Gasteiger partial charge in [-0.15, -0.1) is 0 Å². The van der Waals surface area contributed by atoms with Crippen LogP contribution in [0.4, 0.5) is 24.5 Å². The van der Waals surface area contributed by atoms with E-state index in [0.717, 1.165) is 6.07 Å². The number of ether oxygens (including phenoxy) is 1. The number of anilines is 2. The first kappa shape index (κ1) is 18.7. The number of amides is 1. The average Bonchev–Trinajstić information content (AvgIpc) is 2.62. The predicted molar refractivity (Wildman–Crippen MR) is 96.6 cm³/mol. The highest BCUT2D eigenvalue weighted by atomic mass is 79.9. The molecule has 0 unspecified atom stereocenters. The predicted octanol–water partition coefficient (Wildman–Crippen LogP) is 4.56. The summed E-state index contributed by atoms with van der Waals surface area (Å²) in [6.45, 7) is 2.00. The molecular weight excluding hydrogens is 413 g/mol. The first-order valence-corrected chi connectivity index (χ1v) is 8.75. The van der Waals surface area contributed by atoms with E-state index in [2.05, 4.69) is 21.2 Å². The molecule has 3 rings (SSSR count). The third-order valence-electron chi connectivity index (χ3n) is 4.05. The summed E-state index contributed by atoms with van der Waals surface area (Å²) >= 11 is 3.23. The number of morpholine rings is 1. The third-order valence-corrected chi connectivity index (χ3v) is 4.74. The number of nitrogens with one attached hydrogen (secondary N) is 1. The van der Waals surface area contributed by atoms with Gasteiger partial charge in [0.05, 0.1) is 30.0 Å². The normalized spacial score (nSPS) is 15.0. The Labute approximate surface area is 157 Å². The number of rotatable bonds is 3. The summed E-state index contributed by atoms with van der Waals surface area (Å²) in [7, 11) is 0. The molecule has 26 heavy (non-hydrogen) atoms. The maximum Gasteiger partial charge on any atom is 0.418 e. The van der Waals surface area contributed by atoms with Crippen LogP contribution >= 0.6 is 15.9 Å². The summed E-state index contributed by atoms with van der Waals surface area (Å²) in [5.74, 6) is -0.609. The fourth-order valence-corrected chi connectivity index (χ4v) is 3.19. The highest BCUT2D eigenvalue weighted by molar-refractivity contribution is 9.10. The molecule has 8 heteroatoms. The van der Waals surface area contributed by atoms with Gasteiger partial charge in [-0.3, -0.25) is 4.79 Å². The molecule has 1 fully saturated rings. The molecular formula is C18H16BrF3N2O2. The van der Waals surface area contributed by atoms with Crippen LogP contribution in [-0.2, 0) is 10.9 Å². The van der Waals surface area contributed by atoms with E-state index in [1.54, 1.807) is 24.3 Å². The van der Waals surface area contributed by atoms with Crippen molar-refractivity contribution in [2.75, 3.05) is 36.5 Å². The Hall–Kier alpha value is -2.06. The van der Waals surface area contributed by atoms with Gasteiger partial charge in [-0.25, -0.2) is 0 Å². The first-order chi connectivity index (χ1) is 12.4. The van der Waals surface area contributed by atoms with Crippen molar-refractivity contribution in [3.05, 3.63) is 58.1 Å². The Balaban J connectivity index is 1.91. The van der Waals surface area contributed by atoms with Gasteiger partial charge in [-0.1, -0.05) is 12.1 Å². The van der Waals surface area contributed by atoms with Crippen LogP contribution in [0.5, 0.6) is 0 Å². The highest BCUT2D eigenvalue weighted by Gasteiger charge is 2.35. The largest absolute Gasteiger partial charge is 0.418 e. The van der Waals surface area contributed by atoms with Gasteiger partial charge in [0.1, 0.15) is 0 Å². The lowest BCUT2D eigenvalue weighted by atomic mass is 10.1. The lowest BCUT2D eigenvalue weighted by Crippen LogP contribution is -2.36. The Morgan fingerprint density at radius 3 is 2.46 bits per heavy atom. The second kappa shape index (κ2) is 7.67. The Kier molecular flexibility index (Phi) is 5.52. The second-order valence-electron chi connectivity index (χ2n) is 5.76. The fraction of sp³-hybridized carbons (Fsp3) is 0.278. The lowest BCUT2D eigenvalue weighted by Gasteiger charge is -2.29. The Bertz CT molecular complexity index is 805. The lowest BCUT2D eigenvalue weighted by molar-refractivity contribution is -0.136. The first-order valence-electron chi connectivity index (χ1n) is 7.96. The molecule has 1 amide bonds. The van der Waals surface area contributed by atoms with Gasteiger partial charge >= 0.3 is 6.18 Å². The van der Waals surface area contributed by atoms with Crippen molar-refractivity contribution in [3.8, 4) is 0 Å². The number of halogens is 4. The SMILES string of the molecule is O=C(Nc1ccc(N2CCOCC2)cc1C(F)(F)F)c1ccccc1Br. The molecule has 2 aromatic rings. The molecule has 0 aromatic heterocycles. The van der Waals surface area contributed by atoms with E-state index >= 15 is 0 Å². The topological polar surface area (TPSA) is 41.6 Å². The molecule has 0 aliphatic carbocycles. The van der Waals surface area contributed by atoms with Gasteiger partial charge in [0.2, 0.25) is 0 Å². The summed E-state index contributed by atoms with van der Waals surface area (Å²) in [4.78, 5) is 14.2. The molecule has 0 spiro atoms. The molecule has 0 radical (unpaired) electrons. The van der Waals surface area contributed by atoms with Crippen LogP contribution in [0, 0.1) is 0 Å². The van der Waals surface area contributed by atoms with Crippen LogP contribution in [-0.4, -0.2) is 32.2 Å². The van der Waals surface area contributed by atoms with E-state index in [0.29, 0.717) is 36.5 Å². The number of carbonyl (C=O) groups is 1. The molecule has 1 aliphatic rings. The van der Waals surface area contributed by atoms with Gasteiger partial charge in [0, 0.05) is 23.2 Å². The van der Waals surface area contributed by atoms with Crippen molar-refractivity contribution >= 4 is 33.2 Å². The zero-order chi connectivity index (χ0) is 18.7. The fourth-order valence-electron chi connectivity index (χ4n) is 2.73. The third kappa shape index (κ3) is 4.19. The van der Waals surface area contributed by atoms with Gasteiger partial charge in [0.25, 0.3) is 5.91 Å². The summed E-state index contributed by atoms with van der Waals surface area (Å²) in [5.41, 5.74) is -0.422. The molecule has 0 atom stereocenters. The van der Waals surface area contributed by atoms with Crippen molar-refractivity contribution in [1.29, 1.82) is 0 Å². The Morgan fingerprint density at radius 1 is 1.12 bits per heavy atom. The maximum absolute atomic E-state index is 13.5. The average molecular weight is 429 g/mol. The standard InChI is InChI=1S/C18H16BrF3N2O2/c19-15-4-2-1-3-13(15)17(25)23-16-6-5-12(11-14(16)18(20,21)22)24-7-9-26-10-8-24/h1-6,11H,7-10H2,(H,23,25). The number of nitrogens with zero attached hydrogens (tertiary/aromatic N) is 1. The molecule has 2 aromatic carbocycles. The van der Waals surface area contributed by atoms with Crippen LogP contribution in [0.15, 0.2) is 46.9 Å². The minimum absolute atomic E-state index is 0.262. The quantitative estimate of drug-likeness (QED) is 0.778. The summed E-state index contributed by atoms with van der Waals surface area (Å²) in [6.07, 6.45) is -4.58. The zero-order valence-electron chi connectivity index (χ0n) is 13.6.